The third-order valence-electron chi connectivity index (χ3n) is 4.33. The fraction of sp³-hybridized carbons (Fsp3) is 0.0952. The number of aryl methyl sites for hydroxylation is 2. The predicted molar refractivity (Wildman–Crippen MR) is 113 cm³/mol. The van der Waals surface area contributed by atoms with Crippen LogP contribution in [-0.2, 0) is 10.0 Å². The normalized spacial score (nSPS) is 11.2. The lowest BCUT2D eigenvalue weighted by Crippen LogP contribution is -2.17. The average molecular weight is 433 g/mol. The van der Waals surface area contributed by atoms with Gasteiger partial charge in [0.1, 0.15) is 5.82 Å². The standard InChI is InChI=1S/C21H18ClFN2O3S/c1-13-7-9-16(29(27,28)25-20-6-4-3-5-14(20)2)12-17(13)21(26)24-15-8-10-19(23)18(22)11-15/h3-12,25H,1-2H3,(H,24,26). The van der Waals surface area contributed by atoms with Gasteiger partial charge in [0, 0.05) is 11.3 Å². The molecule has 8 heteroatoms. The molecule has 3 rings (SSSR count). The van der Waals surface area contributed by atoms with Gasteiger partial charge in [-0.15, -0.1) is 0 Å². The summed E-state index contributed by atoms with van der Waals surface area (Å²) in [6.45, 7) is 3.48. The number of benzene rings is 3. The van der Waals surface area contributed by atoms with Crippen molar-refractivity contribution < 1.29 is 17.6 Å². The highest BCUT2D eigenvalue weighted by Gasteiger charge is 2.19. The molecule has 0 aliphatic rings. The molecule has 150 valence electrons. The number of hydrogen-bond acceptors (Lipinski definition) is 3. The van der Waals surface area contributed by atoms with Crippen molar-refractivity contribution in [1.82, 2.24) is 0 Å². The topological polar surface area (TPSA) is 75.3 Å². The number of halogens is 2. The first-order valence-corrected chi connectivity index (χ1v) is 10.5. The first kappa shape index (κ1) is 20.8. The second kappa shape index (κ2) is 8.23. The van der Waals surface area contributed by atoms with Gasteiger partial charge in [-0.05, 0) is 61.4 Å². The van der Waals surface area contributed by atoms with Crippen molar-refractivity contribution in [2.75, 3.05) is 10.0 Å². The van der Waals surface area contributed by atoms with E-state index in [0.717, 1.165) is 11.6 Å². The van der Waals surface area contributed by atoms with Crippen molar-refractivity contribution >= 4 is 38.9 Å². The molecule has 0 aromatic heterocycles. The molecule has 0 fully saturated rings. The van der Waals surface area contributed by atoms with E-state index in [-0.39, 0.29) is 15.5 Å². The van der Waals surface area contributed by atoms with Gasteiger partial charge in [0.2, 0.25) is 0 Å². The summed E-state index contributed by atoms with van der Waals surface area (Å²) in [7, 11) is -3.89. The molecule has 0 bridgehead atoms. The van der Waals surface area contributed by atoms with Crippen molar-refractivity contribution in [1.29, 1.82) is 0 Å². The number of para-hydroxylation sites is 1. The third kappa shape index (κ3) is 4.75. The van der Waals surface area contributed by atoms with Crippen molar-refractivity contribution in [2.45, 2.75) is 18.7 Å². The molecule has 0 saturated heterocycles. The van der Waals surface area contributed by atoms with E-state index >= 15 is 0 Å². The Morgan fingerprint density at radius 3 is 2.38 bits per heavy atom. The summed E-state index contributed by atoms with van der Waals surface area (Å²) >= 11 is 5.74. The summed E-state index contributed by atoms with van der Waals surface area (Å²) < 4.78 is 41.4. The number of nitrogens with one attached hydrogen (secondary N) is 2. The largest absolute Gasteiger partial charge is 0.322 e. The van der Waals surface area contributed by atoms with Gasteiger partial charge < -0.3 is 5.32 Å². The van der Waals surface area contributed by atoms with Crippen LogP contribution in [0.3, 0.4) is 0 Å². The summed E-state index contributed by atoms with van der Waals surface area (Å²) in [5.74, 6) is -1.13. The number of amides is 1. The van der Waals surface area contributed by atoms with Crippen LogP contribution in [0.4, 0.5) is 15.8 Å². The van der Waals surface area contributed by atoms with Gasteiger partial charge in [0.15, 0.2) is 0 Å². The van der Waals surface area contributed by atoms with Crippen molar-refractivity contribution in [3.8, 4) is 0 Å². The van der Waals surface area contributed by atoms with E-state index in [4.69, 9.17) is 11.6 Å². The summed E-state index contributed by atoms with van der Waals surface area (Å²) in [6.07, 6.45) is 0. The van der Waals surface area contributed by atoms with E-state index in [0.29, 0.717) is 16.9 Å². The number of anilines is 2. The van der Waals surface area contributed by atoms with Gasteiger partial charge in [0.05, 0.1) is 15.6 Å². The molecular weight excluding hydrogens is 415 g/mol. The lowest BCUT2D eigenvalue weighted by molar-refractivity contribution is 0.102. The number of sulfonamides is 1. The van der Waals surface area contributed by atoms with E-state index in [9.17, 15) is 17.6 Å². The summed E-state index contributed by atoms with van der Waals surface area (Å²) in [5, 5.41) is 2.47. The molecule has 0 unspecified atom stereocenters. The minimum absolute atomic E-state index is 0.0476. The van der Waals surface area contributed by atoms with Crippen LogP contribution in [0.1, 0.15) is 21.5 Å². The van der Waals surface area contributed by atoms with Crippen molar-refractivity contribution in [3.05, 3.63) is 88.2 Å². The highest BCUT2D eigenvalue weighted by Crippen LogP contribution is 2.23. The molecule has 3 aromatic carbocycles. The maximum Gasteiger partial charge on any atom is 0.261 e. The van der Waals surface area contributed by atoms with Gasteiger partial charge in [-0.25, -0.2) is 12.8 Å². The Kier molecular flexibility index (Phi) is 5.91. The third-order valence-corrected chi connectivity index (χ3v) is 5.98. The van der Waals surface area contributed by atoms with Crippen molar-refractivity contribution in [2.24, 2.45) is 0 Å². The van der Waals surface area contributed by atoms with Crippen LogP contribution in [0.2, 0.25) is 5.02 Å². The molecule has 29 heavy (non-hydrogen) atoms. The van der Waals surface area contributed by atoms with Gasteiger partial charge in [-0.1, -0.05) is 35.9 Å². The van der Waals surface area contributed by atoms with Crippen LogP contribution in [-0.4, -0.2) is 14.3 Å². The number of carbonyl (C=O) groups excluding carboxylic acids is 1. The second-order valence-electron chi connectivity index (χ2n) is 6.48. The molecule has 5 nitrogen and oxygen atoms in total. The zero-order chi connectivity index (χ0) is 21.2. The lowest BCUT2D eigenvalue weighted by atomic mass is 10.1. The molecule has 0 radical (unpaired) electrons. The van der Waals surface area contributed by atoms with Gasteiger partial charge in [0.25, 0.3) is 15.9 Å². The number of carbonyl (C=O) groups is 1. The van der Waals surface area contributed by atoms with Crippen LogP contribution in [0.15, 0.2) is 65.6 Å². The first-order valence-electron chi connectivity index (χ1n) is 8.63. The predicted octanol–water partition coefficient (Wildman–Crippen LogP) is 5.15. The van der Waals surface area contributed by atoms with Crippen LogP contribution in [0.5, 0.6) is 0 Å². The number of hydrogen-bond donors (Lipinski definition) is 2. The fourth-order valence-corrected chi connectivity index (χ4v) is 4.01. The maximum atomic E-state index is 13.3. The first-order chi connectivity index (χ1) is 13.7. The molecular formula is C21H18ClFN2O3S. The molecule has 0 aliphatic carbocycles. The van der Waals surface area contributed by atoms with Gasteiger partial charge in [-0.3, -0.25) is 9.52 Å². The van der Waals surface area contributed by atoms with E-state index in [1.54, 1.807) is 38.1 Å². The van der Waals surface area contributed by atoms with Crippen LogP contribution < -0.4 is 10.0 Å². The van der Waals surface area contributed by atoms with Crippen LogP contribution >= 0.6 is 11.6 Å². The van der Waals surface area contributed by atoms with E-state index in [2.05, 4.69) is 10.0 Å². The minimum Gasteiger partial charge on any atom is -0.322 e. The van der Waals surface area contributed by atoms with Crippen LogP contribution in [0, 0.1) is 19.7 Å². The Balaban J connectivity index is 1.89. The summed E-state index contributed by atoms with van der Waals surface area (Å²) in [4.78, 5) is 12.6. The molecule has 0 heterocycles. The van der Waals surface area contributed by atoms with Crippen molar-refractivity contribution in [3.63, 3.8) is 0 Å². The highest BCUT2D eigenvalue weighted by atomic mass is 35.5. The average Bonchev–Trinajstić information content (AvgIpc) is 2.66. The molecule has 0 spiro atoms. The summed E-state index contributed by atoms with van der Waals surface area (Å²) in [6, 6.07) is 15.1. The number of rotatable bonds is 5. The summed E-state index contributed by atoms with van der Waals surface area (Å²) in [5.41, 5.74) is 2.30. The Bertz CT molecular complexity index is 1200. The molecule has 0 saturated carbocycles. The zero-order valence-corrected chi connectivity index (χ0v) is 17.2. The fourth-order valence-electron chi connectivity index (χ4n) is 2.68. The molecule has 0 aliphatic heterocycles. The lowest BCUT2D eigenvalue weighted by Gasteiger charge is -2.13. The maximum absolute atomic E-state index is 13.3. The Morgan fingerprint density at radius 2 is 1.69 bits per heavy atom. The highest BCUT2D eigenvalue weighted by molar-refractivity contribution is 7.92. The Labute approximate surface area is 173 Å². The van der Waals surface area contributed by atoms with Gasteiger partial charge >= 0.3 is 0 Å². The monoisotopic (exact) mass is 432 g/mol. The molecule has 1 amide bonds. The molecule has 2 N–H and O–H groups in total. The smallest absolute Gasteiger partial charge is 0.261 e. The quantitative estimate of drug-likeness (QED) is 0.585. The van der Waals surface area contributed by atoms with E-state index < -0.39 is 21.7 Å². The molecule has 0 atom stereocenters. The van der Waals surface area contributed by atoms with E-state index in [1.807, 2.05) is 6.07 Å². The zero-order valence-electron chi connectivity index (χ0n) is 15.7. The minimum atomic E-state index is -3.89. The Hall–Kier alpha value is -2.90. The second-order valence-corrected chi connectivity index (χ2v) is 8.57. The molecule has 3 aromatic rings. The van der Waals surface area contributed by atoms with Crippen LogP contribution in [0.25, 0.3) is 0 Å². The SMILES string of the molecule is Cc1ccccc1NS(=O)(=O)c1ccc(C)c(C(=O)Nc2ccc(F)c(Cl)c2)c1. The van der Waals surface area contributed by atoms with Gasteiger partial charge in [-0.2, -0.15) is 0 Å². The van der Waals surface area contributed by atoms with E-state index in [1.165, 1.54) is 24.3 Å². The Morgan fingerprint density at radius 1 is 0.966 bits per heavy atom.